The fraction of sp³-hybridized carbons (Fsp3) is 0.500. The van der Waals surface area contributed by atoms with E-state index in [2.05, 4.69) is 17.4 Å². The van der Waals surface area contributed by atoms with Crippen LogP contribution in [-0.2, 0) is 17.9 Å². The maximum Gasteiger partial charge on any atom is 0.240 e. The van der Waals surface area contributed by atoms with Crippen LogP contribution in [0.2, 0.25) is 0 Å². The first kappa shape index (κ1) is 10.8. The lowest BCUT2D eigenvalue weighted by molar-refractivity contribution is -0.134. The van der Waals surface area contributed by atoms with Crippen LogP contribution in [0.1, 0.15) is 30.4 Å². The molecule has 0 spiro atoms. The van der Waals surface area contributed by atoms with Crippen molar-refractivity contribution in [3.05, 3.63) is 35.4 Å². The van der Waals surface area contributed by atoms with Gasteiger partial charge >= 0.3 is 0 Å². The molecule has 1 atom stereocenters. The van der Waals surface area contributed by atoms with E-state index in [9.17, 15) is 4.79 Å². The second-order valence-corrected chi connectivity index (χ2v) is 4.97. The van der Waals surface area contributed by atoms with Gasteiger partial charge in [-0.3, -0.25) is 4.79 Å². The number of nitrogens with one attached hydrogen (secondary N) is 1. The van der Waals surface area contributed by atoms with E-state index >= 15 is 0 Å². The van der Waals surface area contributed by atoms with Crippen LogP contribution in [0.4, 0.5) is 0 Å². The Balaban J connectivity index is 1.69. The Kier molecular flexibility index (Phi) is 2.85. The van der Waals surface area contributed by atoms with Gasteiger partial charge in [-0.05, 0) is 30.5 Å². The summed E-state index contributed by atoms with van der Waals surface area (Å²) in [5.41, 5.74) is 2.60. The number of nitrogens with zero attached hydrogens (tertiary/aromatic N) is 1. The van der Waals surface area contributed by atoms with E-state index in [1.807, 2.05) is 17.0 Å². The van der Waals surface area contributed by atoms with Crippen LogP contribution in [0.25, 0.3) is 0 Å². The van der Waals surface area contributed by atoms with Crippen molar-refractivity contribution in [2.24, 2.45) is 0 Å². The molecule has 17 heavy (non-hydrogen) atoms. The van der Waals surface area contributed by atoms with Crippen molar-refractivity contribution in [1.29, 1.82) is 0 Å². The zero-order chi connectivity index (χ0) is 11.7. The quantitative estimate of drug-likeness (QED) is 0.796. The zero-order valence-corrected chi connectivity index (χ0v) is 9.98. The number of hydrogen-bond acceptors (Lipinski definition) is 2. The molecule has 2 aliphatic heterocycles. The van der Waals surface area contributed by atoms with Gasteiger partial charge < -0.3 is 10.2 Å². The molecular weight excluding hydrogens is 212 g/mol. The Bertz CT molecular complexity index is 399. The maximum atomic E-state index is 12.3. The van der Waals surface area contributed by atoms with Gasteiger partial charge in [0.1, 0.15) is 0 Å². The highest BCUT2D eigenvalue weighted by molar-refractivity contribution is 5.82. The first-order valence-electron chi connectivity index (χ1n) is 6.43. The smallest absolute Gasteiger partial charge is 0.240 e. The highest BCUT2D eigenvalue weighted by Gasteiger charge is 2.29. The third-order valence-corrected chi connectivity index (χ3v) is 3.76. The Hall–Kier alpha value is -1.35. The number of carbonyl (C=O) groups is 1. The van der Waals surface area contributed by atoms with Crippen LogP contribution in [0.15, 0.2) is 24.3 Å². The van der Waals surface area contributed by atoms with Crippen LogP contribution in [0.3, 0.4) is 0 Å². The second kappa shape index (κ2) is 4.49. The number of benzene rings is 1. The fourth-order valence-corrected chi connectivity index (χ4v) is 2.77. The molecule has 0 aliphatic carbocycles. The number of carbonyl (C=O) groups excluding carboxylic acids is 1. The average molecular weight is 230 g/mol. The molecule has 1 fully saturated rings. The van der Waals surface area contributed by atoms with Gasteiger partial charge in [-0.1, -0.05) is 30.7 Å². The van der Waals surface area contributed by atoms with Crippen molar-refractivity contribution in [3.63, 3.8) is 0 Å². The van der Waals surface area contributed by atoms with E-state index in [0.29, 0.717) is 0 Å². The first-order chi connectivity index (χ1) is 8.34. The molecule has 1 aromatic rings. The highest BCUT2D eigenvalue weighted by atomic mass is 16.2. The van der Waals surface area contributed by atoms with Gasteiger partial charge in [0.25, 0.3) is 0 Å². The summed E-state index contributed by atoms with van der Waals surface area (Å²) in [6.45, 7) is 2.55. The van der Waals surface area contributed by atoms with Crippen LogP contribution in [-0.4, -0.2) is 23.4 Å². The van der Waals surface area contributed by atoms with Crippen LogP contribution in [0, 0.1) is 0 Å². The van der Waals surface area contributed by atoms with E-state index in [1.54, 1.807) is 0 Å². The van der Waals surface area contributed by atoms with Crippen LogP contribution < -0.4 is 5.32 Å². The number of hydrogen-bond donors (Lipinski definition) is 1. The topological polar surface area (TPSA) is 32.3 Å². The van der Waals surface area contributed by atoms with Crippen molar-refractivity contribution >= 4 is 5.91 Å². The first-order valence-corrected chi connectivity index (χ1v) is 6.43. The molecule has 0 radical (unpaired) electrons. The number of amides is 1. The summed E-state index contributed by atoms with van der Waals surface area (Å²) in [5.74, 6) is 0.279. The molecule has 1 N–H and O–H groups in total. The molecule has 1 aromatic carbocycles. The fourth-order valence-electron chi connectivity index (χ4n) is 2.77. The van der Waals surface area contributed by atoms with Gasteiger partial charge in [-0.15, -0.1) is 0 Å². The predicted molar refractivity (Wildman–Crippen MR) is 66.3 cm³/mol. The SMILES string of the molecule is O=C([C@@H]1CCCCN1)N1Cc2ccccc2C1. The molecular formula is C14H18N2O. The molecule has 3 nitrogen and oxygen atoms in total. The zero-order valence-electron chi connectivity index (χ0n) is 9.98. The van der Waals surface area contributed by atoms with Crippen molar-refractivity contribution in [3.8, 4) is 0 Å². The number of piperidine rings is 1. The summed E-state index contributed by atoms with van der Waals surface area (Å²) >= 11 is 0. The molecule has 0 bridgehead atoms. The molecule has 3 rings (SSSR count). The second-order valence-electron chi connectivity index (χ2n) is 4.97. The Morgan fingerprint density at radius 1 is 1.18 bits per heavy atom. The molecule has 90 valence electrons. The predicted octanol–water partition coefficient (Wildman–Crippen LogP) is 1.67. The third kappa shape index (κ3) is 2.07. The molecule has 1 saturated heterocycles. The van der Waals surface area contributed by atoms with Crippen molar-refractivity contribution in [1.82, 2.24) is 10.2 Å². The van der Waals surface area contributed by atoms with E-state index in [0.717, 1.165) is 26.1 Å². The van der Waals surface area contributed by atoms with E-state index in [-0.39, 0.29) is 11.9 Å². The standard InChI is InChI=1S/C14H18N2O/c17-14(13-7-3-4-8-15-13)16-9-11-5-1-2-6-12(11)10-16/h1-2,5-6,13,15H,3-4,7-10H2/t13-/m0/s1. The Morgan fingerprint density at radius 3 is 2.47 bits per heavy atom. The summed E-state index contributed by atoms with van der Waals surface area (Å²) in [6, 6.07) is 8.39. The summed E-state index contributed by atoms with van der Waals surface area (Å²) in [6.07, 6.45) is 3.36. The minimum Gasteiger partial charge on any atom is -0.333 e. The summed E-state index contributed by atoms with van der Waals surface area (Å²) in [5, 5.41) is 3.33. The van der Waals surface area contributed by atoms with Gasteiger partial charge in [0.15, 0.2) is 0 Å². The third-order valence-electron chi connectivity index (χ3n) is 3.76. The molecule has 2 aliphatic rings. The molecule has 0 aromatic heterocycles. The summed E-state index contributed by atoms with van der Waals surface area (Å²) in [7, 11) is 0. The van der Waals surface area contributed by atoms with Crippen molar-refractivity contribution < 1.29 is 4.79 Å². The van der Waals surface area contributed by atoms with Crippen molar-refractivity contribution in [2.45, 2.75) is 38.4 Å². The molecule has 0 unspecified atom stereocenters. The number of rotatable bonds is 1. The van der Waals surface area contributed by atoms with Crippen LogP contribution >= 0.6 is 0 Å². The molecule has 2 heterocycles. The summed E-state index contributed by atoms with van der Waals surface area (Å²) < 4.78 is 0. The Morgan fingerprint density at radius 2 is 1.88 bits per heavy atom. The van der Waals surface area contributed by atoms with Gasteiger partial charge in [0.05, 0.1) is 6.04 Å². The monoisotopic (exact) mass is 230 g/mol. The van der Waals surface area contributed by atoms with E-state index in [1.165, 1.54) is 24.0 Å². The Labute approximate surface area is 102 Å². The maximum absolute atomic E-state index is 12.3. The van der Waals surface area contributed by atoms with E-state index in [4.69, 9.17) is 0 Å². The largest absolute Gasteiger partial charge is 0.333 e. The lowest BCUT2D eigenvalue weighted by Crippen LogP contribution is -2.46. The van der Waals surface area contributed by atoms with E-state index < -0.39 is 0 Å². The average Bonchev–Trinajstić information content (AvgIpc) is 2.82. The molecule has 3 heteroatoms. The van der Waals surface area contributed by atoms with Crippen molar-refractivity contribution in [2.75, 3.05) is 6.54 Å². The summed E-state index contributed by atoms with van der Waals surface area (Å²) in [4.78, 5) is 14.3. The highest BCUT2D eigenvalue weighted by Crippen LogP contribution is 2.23. The van der Waals surface area contributed by atoms with Gasteiger partial charge in [-0.2, -0.15) is 0 Å². The molecule has 1 amide bonds. The lowest BCUT2D eigenvalue weighted by atomic mass is 10.0. The van der Waals surface area contributed by atoms with Crippen LogP contribution in [0.5, 0.6) is 0 Å². The normalized spacial score (nSPS) is 23.5. The minimum atomic E-state index is 0.0538. The minimum absolute atomic E-state index is 0.0538. The lowest BCUT2D eigenvalue weighted by Gasteiger charge is -2.27. The molecule has 0 saturated carbocycles. The van der Waals surface area contributed by atoms with Gasteiger partial charge in [0.2, 0.25) is 5.91 Å². The van der Waals surface area contributed by atoms with Gasteiger partial charge in [0, 0.05) is 13.1 Å². The number of fused-ring (bicyclic) bond motifs is 1. The van der Waals surface area contributed by atoms with Gasteiger partial charge in [-0.25, -0.2) is 0 Å².